The lowest BCUT2D eigenvalue weighted by Gasteiger charge is -2.26. The van der Waals surface area contributed by atoms with Gasteiger partial charge in [-0.3, -0.25) is 14.6 Å². The van der Waals surface area contributed by atoms with Gasteiger partial charge in [-0.15, -0.1) is 0 Å². The number of anilines is 2. The number of hydrogen-bond donors (Lipinski definition) is 2. The van der Waals surface area contributed by atoms with Crippen molar-refractivity contribution in [2.45, 2.75) is 39.3 Å². The van der Waals surface area contributed by atoms with Crippen molar-refractivity contribution in [3.05, 3.63) is 47.8 Å². The van der Waals surface area contributed by atoms with Crippen LogP contribution in [0.3, 0.4) is 0 Å². The van der Waals surface area contributed by atoms with E-state index in [2.05, 4.69) is 32.3 Å². The van der Waals surface area contributed by atoms with Gasteiger partial charge in [-0.1, -0.05) is 12.1 Å². The highest BCUT2D eigenvalue weighted by atomic mass is 16.2. The second-order valence-corrected chi connectivity index (χ2v) is 7.76. The van der Waals surface area contributed by atoms with Crippen molar-refractivity contribution in [3.8, 4) is 11.3 Å². The van der Waals surface area contributed by atoms with Crippen LogP contribution in [0.1, 0.15) is 31.0 Å². The quantitative estimate of drug-likeness (QED) is 0.716. The number of aromatic amines is 1. The van der Waals surface area contributed by atoms with Crippen molar-refractivity contribution < 1.29 is 4.79 Å². The van der Waals surface area contributed by atoms with Crippen LogP contribution >= 0.6 is 0 Å². The van der Waals surface area contributed by atoms with Crippen molar-refractivity contribution >= 4 is 17.4 Å². The molecule has 3 aromatic rings. The number of aromatic nitrogens is 4. The molecule has 3 heterocycles. The van der Waals surface area contributed by atoms with Gasteiger partial charge in [0.05, 0.1) is 12.2 Å². The van der Waals surface area contributed by atoms with Gasteiger partial charge in [0.2, 0.25) is 5.91 Å². The number of fused-ring (bicyclic) bond motifs is 1. The van der Waals surface area contributed by atoms with Crippen molar-refractivity contribution in [3.63, 3.8) is 0 Å². The summed E-state index contributed by atoms with van der Waals surface area (Å²) < 4.78 is 2.17. The molecule has 2 N–H and O–H groups in total. The number of hydrogen-bond acceptors (Lipinski definition) is 4. The number of rotatable bonds is 5. The summed E-state index contributed by atoms with van der Waals surface area (Å²) in [7, 11) is 0. The lowest BCUT2D eigenvalue weighted by atomic mass is 10.1. The Labute approximate surface area is 163 Å². The molecule has 2 aliphatic rings. The summed E-state index contributed by atoms with van der Waals surface area (Å²) in [5, 5.41) is 15.4. The molecular formula is C21H24N6O. The van der Waals surface area contributed by atoms with E-state index < -0.39 is 0 Å². The minimum atomic E-state index is 0.121. The van der Waals surface area contributed by atoms with Crippen LogP contribution in [0.25, 0.3) is 11.3 Å². The first-order valence-electron chi connectivity index (χ1n) is 9.88. The Bertz CT molecular complexity index is 985. The maximum absolute atomic E-state index is 11.9. The van der Waals surface area contributed by atoms with Gasteiger partial charge in [-0.25, -0.2) is 0 Å². The van der Waals surface area contributed by atoms with E-state index in [0.29, 0.717) is 6.54 Å². The van der Waals surface area contributed by atoms with Crippen molar-refractivity contribution in [1.29, 1.82) is 0 Å². The molecule has 0 saturated heterocycles. The Morgan fingerprint density at radius 1 is 1.25 bits per heavy atom. The van der Waals surface area contributed by atoms with Crippen molar-refractivity contribution in [1.82, 2.24) is 24.9 Å². The zero-order valence-electron chi connectivity index (χ0n) is 16.0. The lowest BCUT2D eigenvalue weighted by Crippen LogP contribution is -2.34. The van der Waals surface area contributed by atoms with Crippen LogP contribution in [0.2, 0.25) is 0 Å². The molecule has 5 rings (SSSR count). The van der Waals surface area contributed by atoms with Gasteiger partial charge in [0.1, 0.15) is 0 Å². The zero-order valence-corrected chi connectivity index (χ0v) is 16.0. The van der Waals surface area contributed by atoms with Crippen molar-refractivity contribution in [2.75, 3.05) is 11.9 Å². The summed E-state index contributed by atoms with van der Waals surface area (Å²) in [6.07, 6.45) is 5.22. The number of H-pyrrole nitrogens is 1. The number of amides is 1. The molecule has 1 fully saturated rings. The normalized spacial score (nSPS) is 16.1. The summed E-state index contributed by atoms with van der Waals surface area (Å²) >= 11 is 0. The van der Waals surface area contributed by atoms with Crippen LogP contribution in [-0.4, -0.2) is 37.3 Å². The number of carbonyl (C=O) groups is 1. The third-order valence-electron chi connectivity index (χ3n) is 5.67. The van der Waals surface area contributed by atoms with Gasteiger partial charge in [0.25, 0.3) is 0 Å². The molecule has 1 aliphatic carbocycles. The summed E-state index contributed by atoms with van der Waals surface area (Å²) in [5.41, 5.74) is 5.50. The van der Waals surface area contributed by atoms with Gasteiger partial charge in [-0.05, 0) is 42.5 Å². The maximum atomic E-state index is 11.9. The standard InChI is InChI=1S/C21H24N6O/c1-14(28)26-11-9-20-18(13-26)21(25-27(20)12-15-2-3-15)23-17-6-4-16(5-7-17)19-8-10-22-24-19/h4-8,10,15H,2-3,9,11-13H2,1H3,(H,22,24)(H,23,25). The Kier molecular flexibility index (Phi) is 4.15. The predicted octanol–water partition coefficient (Wildman–Crippen LogP) is 3.33. The van der Waals surface area contributed by atoms with E-state index in [1.807, 2.05) is 23.1 Å². The van der Waals surface area contributed by atoms with Crippen LogP contribution in [0.4, 0.5) is 11.5 Å². The molecule has 0 unspecified atom stereocenters. The number of nitrogens with zero attached hydrogens (tertiary/aromatic N) is 4. The Morgan fingerprint density at radius 3 is 2.75 bits per heavy atom. The highest BCUT2D eigenvalue weighted by Gasteiger charge is 2.29. The van der Waals surface area contributed by atoms with E-state index in [4.69, 9.17) is 5.10 Å². The second-order valence-electron chi connectivity index (χ2n) is 7.76. The minimum absolute atomic E-state index is 0.121. The first kappa shape index (κ1) is 17.0. The van der Waals surface area contributed by atoms with Gasteiger partial charge in [0.15, 0.2) is 5.82 Å². The average Bonchev–Trinajstić information content (AvgIpc) is 3.23. The maximum Gasteiger partial charge on any atom is 0.219 e. The van der Waals surface area contributed by atoms with Gasteiger partial charge in [0, 0.05) is 49.6 Å². The fourth-order valence-corrected chi connectivity index (χ4v) is 3.84. The van der Waals surface area contributed by atoms with Gasteiger partial charge < -0.3 is 10.2 Å². The smallest absolute Gasteiger partial charge is 0.219 e. The van der Waals surface area contributed by atoms with Gasteiger partial charge in [-0.2, -0.15) is 10.2 Å². The van der Waals surface area contributed by atoms with Crippen LogP contribution in [0.15, 0.2) is 36.5 Å². The molecule has 1 saturated carbocycles. The van der Waals surface area contributed by atoms with Crippen molar-refractivity contribution in [2.24, 2.45) is 5.92 Å². The molecule has 0 spiro atoms. The van der Waals surface area contributed by atoms with E-state index in [9.17, 15) is 4.79 Å². The lowest BCUT2D eigenvalue weighted by molar-refractivity contribution is -0.129. The number of nitrogens with one attached hydrogen (secondary N) is 2. The minimum Gasteiger partial charge on any atom is -0.338 e. The van der Waals surface area contributed by atoms with Gasteiger partial charge >= 0.3 is 0 Å². The first-order chi connectivity index (χ1) is 13.7. The Hall–Kier alpha value is -3.09. The van der Waals surface area contributed by atoms with E-state index in [1.54, 1.807) is 13.1 Å². The zero-order chi connectivity index (χ0) is 19.1. The second kappa shape index (κ2) is 6.82. The summed E-state index contributed by atoms with van der Waals surface area (Å²) in [5.74, 6) is 1.75. The molecule has 1 amide bonds. The first-order valence-corrected chi connectivity index (χ1v) is 9.88. The molecule has 0 radical (unpaired) electrons. The fourth-order valence-electron chi connectivity index (χ4n) is 3.84. The molecule has 0 atom stereocenters. The van der Waals surface area contributed by atoms with Crippen LogP contribution in [0.5, 0.6) is 0 Å². The van der Waals surface area contributed by atoms with E-state index >= 15 is 0 Å². The molecule has 144 valence electrons. The fraction of sp³-hybridized carbons (Fsp3) is 0.381. The van der Waals surface area contributed by atoms with Crippen LogP contribution < -0.4 is 5.32 Å². The van der Waals surface area contributed by atoms with Crippen LogP contribution in [-0.2, 0) is 24.3 Å². The van der Waals surface area contributed by atoms with Crippen LogP contribution in [0, 0.1) is 5.92 Å². The average molecular weight is 376 g/mol. The summed E-state index contributed by atoms with van der Waals surface area (Å²) in [6.45, 7) is 4.03. The number of benzene rings is 1. The number of carbonyl (C=O) groups excluding carboxylic acids is 1. The Morgan fingerprint density at radius 2 is 2.07 bits per heavy atom. The topological polar surface area (TPSA) is 78.8 Å². The summed E-state index contributed by atoms with van der Waals surface area (Å²) in [4.78, 5) is 13.8. The molecular weight excluding hydrogens is 352 g/mol. The molecule has 28 heavy (non-hydrogen) atoms. The molecule has 1 aromatic carbocycles. The largest absolute Gasteiger partial charge is 0.338 e. The van der Waals surface area contributed by atoms with E-state index in [0.717, 1.165) is 53.8 Å². The molecule has 1 aliphatic heterocycles. The molecule has 0 bridgehead atoms. The molecule has 7 heteroatoms. The Balaban J connectivity index is 1.42. The molecule has 7 nitrogen and oxygen atoms in total. The third kappa shape index (κ3) is 3.28. The predicted molar refractivity (Wildman–Crippen MR) is 107 cm³/mol. The highest BCUT2D eigenvalue weighted by molar-refractivity contribution is 5.74. The third-order valence-corrected chi connectivity index (χ3v) is 5.67. The van der Waals surface area contributed by atoms with E-state index in [-0.39, 0.29) is 5.91 Å². The monoisotopic (exact) mass is 376 g/mol. The van der Waals surface area contributed by atoms with E-state index in [1.165, 1.54) is 18.5 Å². The summed E-state index contributed by atoms with van der Waals surface area (Å²) in [6, 6.07) is 10.2. The SMILES string of the molecule is CC(=O)N1CCc2c(c(Nc3ccc(-c4ccn[nH]4)cc3)nn2CC2CC2)C1. The highest BCUT2D eigenvalue weighted by Crippen LogP contribution is 2.34. The molecule has 2 aromatic heterocycles.